The van der Waals surface area contributed by atoms with Gasteiger partial charge in [0.15, 0.2) is 0 Å². The number of halogens is 9. The van der Waals surface area contributed by atoms with Crippen molar-refractivity contribution in [2.75, 3.05) is 20.2 Å². The van der Waals surface area contributed by atoms with Crippen molar-refractivity contribution in [3.8, 4) is 5.75 Å². The zero-order valence-electron chi connectivity index (χ0n) is 18.4. The van der Waals surface area contributed by atoms with E-state index in [1.54, 1.807) is 0 Å². The SMILES string of the molecule is COc1ccc(C2=NC3(CCNCC3)C(=O)N2)cc1C(F)(F)F.O=C(O)C(F)(F)F.O=C(O)C(F)(F)F. The van der Waals surface area contributed by atoms with Crippen LogP contribution in [0.15, 0.2) is 23.2 Å². The van der Waals surface area contributed by atoms with E-state index < -0.39 is 41.6 Å². The summed E-state index contributed by atoms with van der Waals surface area (Å²) in [6.45, 7) is 1.31. The third-order valence-corrected chi connectivity index (χ3v) is 4.67. The van der Waals surface area contributed by atoms with E-state index in [4.69, 9.17) is 24.5 Å². The first kappa shape index (κ1) is 31.5. The van der Waals surface area contributed by atoms with Crippen molar-refractivity contribution in [2.45, 2.75) is 36.9 Å². The number of methoxy groups -OCH3 is 1. The van der Waals surface area contributed by atoms with E-state index >= 15 is 0 Å². The van der Waals surface area contributed by atoms with Crippen LogP contribution >= 0.6 is 0 Å². The predicted molar refractivity (Wildman–Crippen MR) is 105 cm³/mol. The fraction of sp³-hybridized carbons (Fsp3) is 0.474. The van der Waals surface area contributed by atoms with Crippen LogP contribution in [0.3, 0.4) is 0 Å². The highest BCUT2D eigenvalue weighted by Gasteiger charge is 2.45. The lowest BCUT2D eigenvalue weighted by molar-refractivity contribution is -0.193. The second-order valence-corrected chi connectivity index (χ2v) is 7.21. The Morgan fingerprint density at radius 2 is 1.41 bits per heavy atom. The molecule has 2 aliphatic heterocycles. The van der Waals surface area contributed by atoms with E-state index in [2.05, 4.69) is 15.6 Å². The molecule has 0 saturated carbocycles. The molecule has 4 N–H and O–H groups in total. The number of amides is 1. The maximum atomic E-state index is 13.1. The molecular weight excluding hydrogens is 537 g/mol. The number of carboxylic acids is 2. The number of hydrogen-bond donors (Lipinski definition) is 4. The van der Waals surface area contributed by atoms with Gasteiger partial charge in [0.1, 0.15) is 17.1 Å². The summed E-state index contributed by atoms with van der Waals surface area (Å²) < 4.78 is 108. The molecule has 208 valence electrons. The Labute approximate surface area is 201 Å². The number of nitrogens with one attached hydrogen (secondary N) is 2. The van der Waals surface area contributed by atoms with Crippen LogP contribution in [0.4, 0.5) is 39.5 Å². The molecule has 0 aromatic heterocycles. The van der Waals surface area contributed by atoms with Gasteiger partial charge in [0, 0.05) is 5.56 Å². The lowest BCUT2D eigenvalue weighted by atomic mass is 9.89. The van der Waals surface area contributed by atoms with Crippen LogP contribution in [0.5, 0.6) is 5.75 Å². The topological polar surface area (TPSA) is 137 Å². The summed E-state index contributed by atoms with van der Waals surface area (Å²) in [5.41, 5.74) is -1.53. The molecule has 0 radical (unpaired) electrons. The summed E-state index contributed by atoms with van der Waals surface area (Å²) in [7, 11) is 1.18. The molecule has 1 saturated heterocycles. The molecule has 1 fully saturated rings. The van der Waals surface area contributed by atoms with Gasteiger partial charge in [-0.3, -0.25) is 9.79 Å². The Bertz CT molecular complexity index is 1010. The zero-order chi connectivity index (χ0) is 28.8. The van der Waals surface area contributed by atoms with Crippen LogP contribution in [0.2, 0.25) is 0 Å². The van der Waals surface area contributed by atoms with Gasteiger partial charge >= 0.3 is 30.5 Å². The van der Waals surface area contributed by atoms with Crippen molar-refractivity contribution in [1.29, 1.82) is 0 Å². The minimum atomic E-state index is -5.08. The maximum Gasteiger partial charge on any atom is 0.490 e. The summed E-state index contributed by atoms with van der Waals surface area (Å²) >= 11 is 0. The number of benzene rings is 1. The van der Waals surface area contributed by atoms with Crippen molar-refractivity contribution in [2.24, 2.45) is 4.99 Å². The largest absolute Gasteiger partial charge is 0.496 e. The van der Waals surface area contributed by atoms with Crippen molar-refractivity contribution >= 4 is 23.7 Å². The van der Waals surface area contributed by atoms with E-state index in [1.807, 2.05) is 0 Å². The average molecular weight is 555 g/mol. The van der Waals surface area contributed by atoms with Crippen LogP contribution in [-0.4, -0.2) is 72.0 Å². The number of alkyl halides is 9. The molecule has 1 spiro atoms. The number of carbonyl (C=O) groups is 3. The fourth-order valence-corrected chi connectivity index (χ4v) is 2.91. The summed E-state index contributed by atoms with van der Waals surface area (Å²) in [4.78, 5) is 34.4. The van der Waals surface area contributed by atoms with Crippen molar-refractivity contribution in [3.05, 3.63) is 29.3 Å². The van der Waals surface area contributed by atoms with Gasteiger partial charge in [0.25, 0.3) is 5.91 Å². The van der Waals surface area contributed by atoms with E-state index in [1.165, 1.54) is 19.2 Å². The first-order valence-corrected chi connectivity index (χ1v) is 9.72. The number of hydrogen-bond acceptors (Lipinski definition) is 6. The second-order valence-electron chi connectivity index (χ2n) is 7.21. The Morgan fingerprint density at radius 3 is 1.78 bits per heavy atom. The van der Waals surface area contributed by atoms with Crippen LogP contribution in [0.25, 0.3) is 0 Å². The zero-order valence-corrected chi connectivity index (χ0v) is 18.4. The highest BCUT2D eigenvalue weighted by molar-refractivity contribution is 6.15. The molecule has 9 nitrogen and oxygen atoms in total. The Hall–Kier alpha value is -3.57. The molecule has 0 unspecified atom stereocenters. The number of amidine groups is 1. The van der Waals surface area contributed by atoms with Crippen molar-refractivity contribution in [3.63, 3.8) is 0 Å². The fourth-order valence-electron chi connectivity index (χ4n) is 2.91. The summed E-state index contributed by atoms with van der Waals surface area (Å²) in [6, 6.07) is 3.66. The normalized spacial score (nSPS) is 16.9. The summed E-state index contributed by atoms with van der Waals surface area (Å²) in [6.07, 6.45) is -13.6. The first-order valence-electron chi connectivity index (χ1n) is 9.72. The van der Waals surface area contributed by atoms with Gasteiger partial charge in [-0.05, 0) is 44.1 Å². The number of rotatable bonds is 2. The molecule has 0 bridgehead atoms. The van der Waals surface area contributed by atoms with Crippen LogP contribution < -0.4 is 15.4 Å². The van der Waals surface area contributed by atoms with Crippen molar-refractivity contribution in [1.82, 2.24) is 10.6 Å². The van der Waals surface area contributed by atoms with Gasteiger partial charge < -0.3 is 25.6 Å². The minimum Gasteiger partial charge on any atom is -0.496 e. The molecule has 0 aliphatic carbocycles. The molecule has 37 heavy (non-hydrogen) atoms. The number of aliphatic carboxylic acids is 2. The Balaban J connectivity index is 0.000000404. The summed E-state index contributed by atoms with van der Waals surface area (Å²) in [5.74, 6) is -5.84. The van der Waals surface area contributed by atoms with E-state index in [0.717, 1.165) is 6.07 Å². The maximum absolute atomic E-state index is 13.1. The minimum absolute atomic E-state index is 0.185. The number of nitrogens with zero attached hydrogens (tertiary/aromatic N) is 1. The van der Waals surface area contributed by atoms with Gasteiger partial charge in [-0.1, -0.05) is 0 Å². The van der Waals surface area contributed by atoms with Gasteiger partial charge in [-0.15, -0.1) is 0 Å². The predicted octanol–water partition coefficient (Wildman–Crippen LogP) is 2.98. The lowest BCUT2D eigenvalue weighted by Gasteiger charge is -2.28. The van der Waals surface area contributed by atoms with Gasteiger partial charge in [-0.25, -0.2) is 9.59 Å². The number of ether oxygens (including phenoxy) is 1. The monoisotopic (exact) mass is 555 g/mol. The average Bonchev–Trinajstić information content (AvgIpc) is 3.08. The van der Waals surface area contributed by atoms with Crippen LogP contribution in [-0.2, 0) is 20.6 Å². The van der Waals surface area contributed by atoms with Gasteiger partial charge in [0.2, 0.25) is 0 Å². The van der Waals surface area contributed by atoms with Gasteiger partial charge in [0.05, 0.1) is 12.7 Å². The molecule has 1 aromatic rings. The molecule has 3 rings (SSSR count). The molecule has 2 heterocycles. The standard InChI is InChI=1S/C15H16F3N3O2.2C2HF3O2/c1-23-11-3-2-9(8-10(11)15(16,17)18)12-20-13(22)14(21-12)4-6-19-7-5-14;2*3-2(4,5)1(6)7/h2-3,8,19H,4-7H2,1H3,(H,20,21,22);2*(H,6,7). The molecule has 2 aliphatic rings. The highest BCUT2D eigenvalue weighted by Crippen LogP contribution is 2.37. The molecule has 18 heteroatoms. The van der Waals surface area contributed by atoms with E-state index in [9.17, 15) is 44.3 Å². The third kappa shape index (κ3) is 8.80. The Morgan fingerprint density at radius 1 is 0.946 bits per heavy atom. The Kier molecular flexibility index (Phi) is 9.91. The summed E-state index contributed by atoms with van der Waals surface area (Å²) in [5, 5.41) is 20.0. The van der Waals surface area contributed by atoms with E-state index in [-0.39, 0.29) is 23.1 Å². The second kappa shape index (κ2) is 11.7. The number of carbonyl (C=O) groups excluding carboxylic acids is 1. The third-order valence-electron chi connectivity index (χ3n) is 4.67. The number of carboxylic acid groups (broad SMARTS) is 2. The highest BCUT2D eigenvalue weighted by atomic mass is 19.4. The quantitative estimate of drug-likeness (QED) is 0.412. The molecular formula is C19H18F9N3O6. The molecule has 1 aromatic carbocycles. The first-order chi connectivity index (χ1) is 16.7. The smallest absolute Gasteiger partial charge is 0.490 e. The van der Waals surface area contributed by atoms with Crippen LogP contribution in [0, 0.1) is 0 Å². The van der Waals surface area contributed by atoms with Crippen molar-refractivity contribution < 1.29 is 68.8 Å². The number of piperidine rings is 1. The van der Waals surface area contributed by atoms with E-state index in [0.29, 0.717) is 25.9 Å². The number of aliphatic imine (C=N–C) groups is 1. The van der Waals surface area contributed by atoms with Gasteiger partial charge in [-0.2, -0.15) is 39.5 Å². The molecule has 0 atom stereocenters. The lowest BCUT2D eigenvalue weighted by Crippen LogP contribution is -2.47. The molecule has 1 amide bonds. The van der Waals surface area contributed by atoms with Crippen LogP contribution in [0.1, 0.15) is 24.0 Å².